The molecule has 34 heavy (non-hydrogen) atoms. The first-order chi connectivity index (χ1) is 16.3. The zero-order valence-electron chi connectivity index (χ0n) is 19.6. The van der Waals surface area contributed by atoms with Crippen LogP contribution < -0.4 is 0 Å². The molecular weight excluding hydrogens is 460 g/mol. The molecule has 10 nitrogen and oxygen atoms in total. The highest BCUT2D eigenvalue weighted by Crippen LogP contribution is 2.34. The molecule has 0 saturated carbocycles. The molecule has 3 heterocycles. The molecule has 0 amide bonds. The summed E-state index contributed by atoms with van der Waals surface area (Å²) < 4.78 is 41.9. The number of aromatic nitrogens is 4. The van der Waals surface area contributed by atoms with Gasteiger partial charge in [0, 0.05) is 37.0 Å². The first kappa shape index (κ1) is 24.6. The second-order valence-corrected chi connectivity index (χ2v) is 10.3. The van der Waals surface area contributed by atoms with Crippen molar-refractivity contribution in [1.82, 2.24) is 19.6 Å². The van der Waals surface area contributed by atoms with Gasteiger partial charge in [-0.15, -0.1) is 0 Å². The van der Waals surface area contributed by atoms with Crippen LogP contribution in [0.2, 0.25) is 0 Å². The number of phenols is 1. The van der Waals surface area contributed by atoms with E-state index in [1.165, 1.54) is 0 Å². The lowest BCUT2D eigenvalue weighted by molar-refractivity contribution is -0.0365. The van der Waals surface area contributed by atoms with Crippen molar-refractivity contribution in [3.05, 3.63) is 30.6 Å². The molecule has 2 unspecified atom stereocenters. The minimum Gasteiger partial charge on any atom is -0.508 e. The van der Waals surface area contributed by atoms with Crippen LogP contribution in [0.3, 0.4) is 0 Å². The van der Waals surface area contributed by atoms with Crippen molar-refractivity contribution in [2.75, 3.05) is 32.7 Å². The predicted octanol–water partition coefficient (Wildman–Crippen LogP) is 3.64. The van der Waals surface area contributed by atoms with Crippen LogP contribution in [0.5, 0.6) is 5.75 Å². The quantitative estimate of drug-likeness (QED) is 0.318. The van der Waals surface area contributed by atoms with Gasteiger partial charge in [0.05, 0.1) is 30.6 Å². The Bertz CT molecular complexity index is 1200. The molecule has 4 rings (SSSR count). The molecule has 1 aromatic carbocycles. The molecule has 1 aliphatic heterocycles. The third-order valence-electron chi connectivity index (χ3n) is 5.86. The fourth-order valence-corrected chi connectivity index (χ4v) is 4.46. The Labute approximate surface area is 199 Å². The van der Waals surface area contributed by atoms with Crippen LogP contribution in [0.4, 0.5) is 0 Å². The summed E-state index contributed by atoms with van der Waals surface area (Å²) in [6, 6.07) is 5.39. The third kappa shape index (κ3) is 6.15. The van der Waals surface area contributed by atoms with Crippen molar-refractivity contribution in [3.8, 4) is 17.0 Å². The monoisotopic (exact) mass is 492 g/mol. The van der Waals surface area contributed by atoms with Crippen LogP contribution in [-0.4, -0.2) is 65.8 Å². The second kappa shape index (κ2) is 10.9. The van der Waals surface area contributed by atoms with E-state index in [0.29, 0.717) is 19.6 Å². The zero-order valence-corrected chi connectivity index (χ0v) is 20.4. The lowest BCUT2D eigenvalue weighted by Crippen LogP contribution is -2.19. The maximum atomic E-state index is 10.9. The van der Waals surface area contributed by atoms with Gasteiger partial charge in [0.15, 0.2) is 6.23 Å². The van der Waals surface area contributed by atoms with Crippen LogP contribution in [0, 0.1) is 0 Å². The molecule has 186 valence electrons. The summed E-state index contributed by atoms with van der Waals surface area (Å²) in [7, 11) is -3.40. The molecule has 1 fully saturated rings. The SMILES string of the molecule is CC(CCOCCCOS(C)(=O)=O)n1cc(-c2nn(C3CCCCO3)c3ccc(O)cc23)cn1. The van der Waals surface area contributed by atoms with Gasteiger partial charge in [-0.3, -0.25) is 8.86 Å². The number of fused-ring (bicyclic) bond motifs is 1. The van der Waals surface area contributed by atoms with Gasteiger partial charge in [0.25, 0.3) is 10.1 Å². The van der Waals surface area contributed by atoms with Gasteiger partial charge in [-0.05, 0) is 57.2 Å². The lowest BCUT2D eigenvalue weighted by Gasteiger charge is -2.23. The number of phenolic OH excluding ortho intramolecular Hbond substituents is 1. The average Bonchev–Trinajstić information content (AvgIpc) is 3.43. The van der Waals surface area contributed by atoms with Crippen LogP contribution >= 0.6 is 0 Å². The molecule has 2 atom stereocenters. The standard InChI is InChI=1S/C23H32N4O6S/c1-17(9-13-31-10-5-12-33-34(2,29)30)26-16-18(15-24-26)23-20-14-19(28)7-8-21(20)27(25-23)22-6-3-4-11-32-22/h7-8,14-17,22,28H,3-6,9-13H2,1-2H3. The largest absolute Gasteiger partial charge is 0.508 e. The van der Waals surface area contributed by atoms with E-state index >= 15 is 0 Å². The molecule has 0 spiro atoms. The van der Waals surface area contributed by atoms with Crippen LogP contribution in [-0.2, 0) is 23.8 Å². The third-order valence-corrected chi connectivity index (χ3v) is 6.45. The molecule has 0 aliphatic carbocycles. The maximum Gasteiger partial charge on any atom is 0.264 e. The van der Waals surface area contributed by atoms with Gasteiger partial charge < -0.3 is 14.6 Å². The number of ether oxygens (including phenoxy) is 2. The fraction of sp³-hybridized carbons (Fsp3) is 0.565. The summed E-state index contributed by atoms with van der Waals surface area (Å²) in [6.45, 7) is 3.87. The number of benzene rings is 1. The molecular formula is C23H32N4O6S. The smallest absolute Gasteiger partial charge is 0.264 e. The van der Waals surface area contributed by atoms with E-state index < -0.39 is 10.1 Å². The first-order valence-electron chi connectivity index (χ1n) is 11.6. The number of aromatic hydroxyl groups is 1. The van der Waals surface area contributed by atoms with E-state index in [1.807, 2.05) is 21.6 Å². The highest BCUT2D eigenvalue weighted by molar-refractivity contribution is 7.85. The van der Waals surface area contributed by atoms with E-state index in [2.05, 4.69) is 12.0 Å². The Kier molecular flexibility index (Phi) is 7.87. The van der Waals surface area contributed by atoms with Gasteiger partial charge in [0.1, 0.15) is 11.4 Å². The van der Waals surface area contributed by atoms with Crippen molar-refractivity contribution in [2.24, 2.45) is 0 Å². The predicted molar refractivity (Wildman–Crippen MR) is 127 cm³/mol. The molecule has 1 N–H and O–H groups in total. The summed E-state index contributed by atoms with van der Waals surface area (Å²) in [6.07, 6.45) is 9.01. The molecule has 2 aromatic heterocycles. The molecule has 3 aromatic rings. The minimum atomic E-state index is -3.40. The number of nitrogens with zero attached hydrogens (tertiary/aromatic N) is 4. The Morgan fingerprint density at radius 1 is 1.26 bits per heavy atom. The Morgan fingerprint density at radius 3 is 2.88 bits per heavy atom. The first-order valence-corrected chi connectivity index (χ1v) is 13.4. The highest BCUT2D eigenvalue weighted by atomic mass is 32.2. The minimum absolute atomic E-state index is 0.101. The van der Waals surface area contributed by atoms with Crippen molar-refractivity contribution in [2.45, 2.75) is 51.3 Å². The number of hydrogen-bond acceptors (Lipinski definition) is 8. The van der Waals surface area contributed by atoms with Crippen LogP contribution in [0.1, 0.15) is 51.3 Å². The summed E-state index contributed by atoms with van der Waals surface area (Å²) in [4.78, 5) is 0. The zero-order chi connectivity index (χ0) is 24.1. The Balaban J connectivity index is 1.40. The number of hydrogen-bond donors (Lipinski definition) is 1. The van der Waals surface area contributed by atoms with Crippen LogP contribution in [0.25, 0.3) is 22.2 Å². The van der Waals surface area contributed by atoms with Crippen LogP contribution in [0.15, 0.2) is 30.6 Å². The normalized spacial score (nSPS) is 17.9. The van der Waals surface area contributed by atoms with E-state index in [0.717, 1.165) is 60.7 Å². The topological polar surface area (TPSA) is 118 Å². The second-order valence-electron chi connectivity index (χ2n) is 8.65. The van der Waals surface area contributed by atoms with Gasteiger partial charge in [0.2, 0.25) is 0 Å². The fourth-order valence-electron chi connectivity index (χ4n) is 4.04. The van der Waals surface area contributed by atoms with E-state index in [-0.39, 0.29) is 24.6 Å². The molecule has 1 saturated heterocycles. The van der Waals surface area contributed by atoms with E-state index in [9.17, 15) is 13.5 Å². The molecule has 11 heteroatoms. The summed E-state index contributed by atoms with van der Waals surface area (Å²) in [5, 5.41) is 20.3. The average molecular weight is 493 g/mol. The molecule has 0 bridgehead atoms. The maximum absolute atomic E-state index is 10.9. The lowest BCUT2D eigenvalue weighted by atomic mass is 10.1. The summed E-state index contributed by atoms with van der Waals surface area (Å²) in [5.41, 5.74) is 2.56. The van der Waals surface area contributed by atoms with Gasteiger partial charge >= 0.3 is 0 Å². The summed E-state index contributed by atoms with van der Waals surface area (Å²) >= 11 is 0. The summed E-state index contributed by atoms with van der Waals surface area (Å²) in [5.74, 6) is 0.192. The van der Waals surface area contributed by atoms with E-state index in [4.69, 9.17) is 18.8 Å². The van der Waals surface area contributed by atoms with Crippen molar-refractivity contribution in [1.29, 1.82) is 0 Å². The van der Waals surface area contributed by atoms with Gasteiger partial charge in [-0.25, -0.2) is 4.68 Å². The van der Waals surface area contributed by atoms with Crippen molar-refractivity contribution >= 4 is 21.0 Å². The highest BCUT2D eigenvalue weighted by Gasteiger charge is 2.22. The van der Waals surface area contributed by atoms with Gasteiger partial charge in [-0.1, -0.05) is 0 Å². The molecule has 1 aliphatic rings. The number of rotatable bonds is 11. The molecule has 0 radical (unpaired) electrons. The Hall–Kier alpha value is -2.47. The van der Waals surface area contributed by atoms with Gasteiger partial charge in [-0.2, -0.15) is 18.6 Å². The van der Waals surface area contributed by atoms with Crippen molar-refractivity contribution < 1.29 is 27.2 Å². The van der Waals surface area contributed by atoms with Crippen molar-refractivity contribution in [3.63, 3.8) is 0 Å². The van der Waals surface area contributed by atoms with E-state index in [1.54, 1.807) is 18.3 Å². The Morgan fingerprint density at radius 2 is 2.12 bits per heavy atom.